The van der Waals surface area contributed by atoms with Crippen LogP contribution in [0, 0.1) is 11.6 Å². The Kier molecular flexibility index (Phi) is 3.46. The quantitative estimate of drug-likeness (QED) is 0.684. The van der Waals surface area contributed by atoms with Gasteiger partial charge in [-0.2, -0.15) is 0 Å². The van der Waals surface area contributed by atoms with Crippen LogP contribution in [0.2, 0.25) is 0 Å². The van der Waals surface area contributed by atoms with Crippen molar-refractivity contribution in [3.05, 3.63) is 59.2 Å². The number of methoxy groups -OCH3 is 1. The van der Waals surface area contributed by atoms with Crippen molar-refractivity contribution in [2.75, 3.05) is 12.8 Å². The molecular formula is C14H11F2NO2. The summed E-state index contributed by atoms with van der Waals surface area (Å²) in [6.45, 7) is 0. The Bertz CT molecular complexity index is 624. The molecule has 5 heteroatoms. The standard InChI is InChI=1S/C14H11F2NO2/c1-19-10-4-2-8(3-5-10)14(18)11-6-9(15)7-12(17)13(11)16/h2-7H,17H2,1H3. The normalized spacial score (nSPS) is 10.3. The summed E-state index contributed by atoms with van der Waals surface area (Å²) < 4.78 is 31.9. The summed E-state index contributed by atoms with van der Waals surface area (Å²) in [6.07, 6.45) is 0. The number of nitrogen functional groups attached to an aromatic ring is 1. The first-order valence-electron chi connectivity index (χ1n) is 5.46. The molecule has 98 valence electrons. The zero-order valence-corrected chi connectivity index (χ0v) is 10.1. The average molecular weight is 263 g/mol. The summed E-state index contributed by atoms with van der Waals surface area (Å²) in [5.74, 6) is -1.74. The first kappa shape index (κ1) is 13.0. The number of halogens is 2. The summed E-state index contributed by atoms with van der Waals surface area (Å²) in [7, 11) is 1.49. The Balaban J connectivity index is 2.43. The summed E-state index contributed by atoms with van der Waals surface area (Å²) in [4.78, 5) is 12.1. The highest BCUT2D eigenvalue weighted by Gasteiger charge is 2.17. The molecule has 3 nitrogen and oxygen atoms in total. The molecule has 0 aromatic heterocycles. The van der Waals surface area contributed by atoms with Crippen molar-refractivity contribution < 1.29 is 18.3 Å². The SMILES string of the molecule is COc1ccc(C(=O)c2cc(F)cc(N)c2F)cc1. The van der Waals surface area contributed by atoms with Gasteiger partial charge in [0.1, 0.15) is 11.6 Å². The van der Waals surface area contributed by atoms with Crippen LogP contribution in [-0.2, 0) is 0 Å². The van der Waals surface area contributed by atoms with Crippen molar-refractivity contribution in [2.24, 2.45) is 0 Å². The predicted octanol–water partition coefficient (Wildman–Crippen LogP) is 2.79. The fraction of sp³-hybridized carbons (Fsp3) is 0.0714. The lowest BCUT2D eigenvalue weighted by molar-refractivity contribution is 0.103. The number of carbonyl (C=O) groups excluding carboxylic acids is 1. The number of ketones is 1. The van der Waals surface area contributed by atoms with Crippen molar-refractivity contribution in [1.29, 1.82) is 0 Å². The van der Waals surface area contributed by atoms with Crippen LogP contribution < -0.4 is 10.5 Å². The Morgan fingerprint density at radius 3 is 2.37 bits per heavy atom. The molecule has 0 radical (unpaired) electrons. The van der Waals surface area contributed by atoms with E-state index in [1.807, 2.05) is 0 Å². The molecule has 0 atom stereocenters. The van der Waals surface area contributed by atoms with E-state index >= 15 is 0 Å². The van der Waals surface area contributed by atoms with Crippen LogP contribution in [0.5, 0.6) is 5.75 Å². The minimum Gasteiger partial charge on any atom is -0.497 e. The first-order chi connectivity index (χ1) is 9.02. The maximum atomic E-state index is 13.7. The van der Waals surface area contributed by atoms with Gasteiger partial charge in [-0.15, -0.1) is 0 Å². The fourth-order valence-corrected chi connectivity index (χ4v) is 1.67. The Hall–Kier alpha value is -2.43. The fourth-order valence-electron chi connectivity index (χ4n) is 1.67. The maximum Gasteiger partial charge on any atom is 0.196 e. The van der Waals surface area contributed by atoms with Crippen LogP contribution in [0.4, 0.5) is 14.5 Å². The molecule has 2 aromatic rings. The van der Waals surface area contributed by atoms with E-state index < -0.39 is 23.1 Å². The minimum atomic E-state index is -0.915. The number of rotatable bonds is 3. The van der Waals surface area contributed by atoms with Crippen molar-refractivity contribution in [3.8, 4) is 5.75 Å². The van der Waals surface area contributed by atoms with Gasteiger partial charge in [0.2, 0.25) is 0 Å². The number of hydrogen-bond donors (Lipinski definition) is 1. The molecule has 0 aliphatic rings. The van der Waals surface area contributed by atoms with Crippen LogP contribution >= 0.6 is 0 Å². The minimum absolute atomic E-state index is 0.227. The van der Waals surface area contributed by atoms with Crippen LogP contribution in [0.1, 0.15) is 15.9 Å². The van der Waals surface area contributed by atoms with Crippen LogP contribution in [0.15, 0.2) is 36.4 Å². The molecular weight excluding hydrogens is 252 g/mol. The lowest BCUT2D eigenvalue weighted by Gasteiger charge is -2.06. The molecule has 0 bridgehead atoms. The molecule has 0 saturated heterocycles. The third-order valence-electron chi connectivity index (χ3n) is 2.66. The third kappa shape index (κ3) is 2.54. The topological polar surface area (TPSA) is 52.3 Å². The zero-order valence-electron chi connectivity index (χ0n) is 10.1. The van der Waals surface area contributed by atoms with Crippen molar-refractivity contribution in [2.45, 2.75) is 0 Å². The molecule has 0 heterocycles. The van der Waals surface area contributed by atoms with E-state index in [0.717, 1.165) is 12.1 Å². The molecule has 0 aliphatic heterocycles. The van der Waals surface area contributed by atoms with Crippen LogP contribution in [0.25, 0.3) is 0 Å². The Labute approximate surface area is 108 Å². The second-order valence-electron chi connectivity index (χ2n) is 3.91. The van der Waals surface area contributed by atoms with Gasteiger partial charge in [0.25, 0.3) is 0 Å². The summed E-state index contributed by atoms with van der Waals surface area (Å²) in [6, 6.07) is 7.74. The smallest absolute Gasteiger partial charge is 0.196 e. The largest absolute Gasteiger partial charge is 0.497 e. The van der Waals surface area contributed by atoms with Gasteiger partial charge in [-0.25, -0.2) is 8.78 Å². The zero-order chi connectivity index (χ0) is 14.0. The van der Waals surface area contributed by atoms with Gasteiger partial charge in [0.05, 0.1) is 18.4 Å². The number of benzene rings is 2. The van der Waals surface area contributed by atoms with E-state index in [9.17, 15) is 13.6 Å². The molecule has 2 N–H and O–H groups in total. The number of carbonyl (C=O) groups is 1. The van der Waals surface area contributed by atoms with E-state index in [4.69, 9.17) is 10.5 Å². The van der Waals surface area contributed by atoms with Gasteiger partial charge in [-0.3, -0.25) is 4.79 Å². The molecule has 0 amide bonds. The van der Waals surface area contributed by atoms with Crippen molar-refractivity contribution in [3.63, 3.8) is 0 Å². The van der Waals surface area contributed by atoms with Crippen molar-refractivity contribution >= 4 is 11.5 Å². The second-order valence-corrected chi connectivity index (χ2v) is 3.91. The van der Waals surface area contributed by atoms with Gasteiger partial charge in [-0.1, -0.05) is 0 Å². The molecule has 0 unspecified atom stereocenters. The maximum absolute atomic E-state index is 13.7. The number of nitrogens with two attached hydrogens (primary N) is 1. The molecule has 2 rings (SSSR count). The first-order valence-corrected chi connectivity index (χ1v) is 5.46. The molecule has 0 spiro atoms. The summed E-state index contributed by atoms with van der Waals surface area (Å²) in [5.41, 5.74) is 4.74. The molecule has 0 saturated carbocycles. The second kappa shape index (κ2) is 5.06. The lowest BCUT2D eigenvalue weighted by atomic mass is 10.0. The highest BCUT2D eigenvalue weighted by Crippen LogP contribution is 2.21. The van der Waals surface area contributed by atoms with E-state index in [0.29, 0.717) is 5.75 Å². The highest BCUT2D eigenvalue weighted by atomic mass is 19.1. The van der Waals surface area contributed by atoms with E-state index in [1.165, 1.54) is 19.2 Å². The third-order valence-corrected chi connectivity index (χ3v) is 2.66. The van der Waals surface area contributed by atoms with E-state index in [-0.39, 0.29) is 11.1 Å². The Morgan fingerprint density at radius 1 is 1.16 bits per heavy atom. The van der Waals surface area contributed by atoms with E-state index in [1.54, 1.807) is 12.1 Å². The number of anilines is 1. The highest BCUT2D eigenvalue weighted by molar-refractivity contribution is 6.09. The molecule has 19 heavy (non-hydrogen) atoms. The van der Waals surface area contributed by atoms with E-state index in [2.05, 4.69) is 0 Å². The van der Waals surface area contributed by atoms with Gasteiger partial charge in [0.15, 0.2) is 11.6 Å². The van der Waals surface area contributed by atoms with Crippen molar-refractivity contribution in [1.82, 2.24) is 0 Å². The molecule has 0 aliphatic carbocycles. The van der Waals surface area contributed by atoms with Gasteiger partial charge >= 0.3 is 0 Å². The van der Waals surface area contributed by atoms with Gasteiger partial charge < -0.3 is 10.5 Å². The predicted molar refractivity (Wildman–Crippen MR) is 67.2 cm³/mol. The Morgan fingerprint density at radius 2 is 1.79 bits per heavy atom. The number of ether oxygens (including phenoxy) is 1. The average Bonchev–Trinajstić information content (AvgIpc) is 2.42. The molecule has 2 aromatic carbocycles. The lowest BCUT2D eigenvalue weighted by Crippen LogP contribution is -2.07. The molecule has 0 fully saturated rings. The number of hydrogen-bond acceptors (Lipinski definition) is 3. The van der Waals surface area contributed by atoms with Gasteiger partial charge in [-0.05, 0) is 36.4 Å². The monoisotopic (exact) mass is 263 g/mol. The van der Waals surface area contributed by atoms with Gasteiger partial charge in [0, 0.05) is 5.56 Å². The summed E-state index contributed by atoms with van der Waals surface area (Å²) in [5, 5.41) is 0. The summed E-state index contributed by atoms with van der Waals surface area (Å²) >= 11 is 0. The van der Waals surface area contributed by atoms with Crippen LogP contribution in [-0.4, -0.2) is 12.9 Å². The van der Waals surface area contributed by atoms with Crippen LogP contribution in [0.3, 0.4) is 0 Å².